The molecule has 0 aliphatic carbocycles. The molecule has 1 heterocycles. The van der Waals surface area contributed by atoms with Crippen LogP contribution in [0.3, 0.4) is 0 Å². The fourth-order valence-electron chi connectivity index (χ4n) is 5.11. The third-order valence-electron chi connectivity index (χ3n) is 7.08. The summed E-state index contributed by atoms with van der Waals surface area (Å²) < 4.78 is 5.49. The van der Waals surface area contributed by atoms with Crippen molar-refractivity contribution >= 4 is 57.6 Å². The van der Waals surface area contributed by atoms with E-state index in [0.717, 1.165) is 12.6 Å². The molecule has 0 unspecified atom stereocenters. The molecular formula is C33H31N2P2Si. The lowest BCUT2D eigenvalue weighted by Gasteiger charge is -2.33. The Morgan fingerprint density at radius 1 is 0.421 bits per heavy atom. The van der Waals surface area contributed by atoms with Crippen LogP contribution < -0.4 is 30.3 Å². The Morgan fingerprint density at radius 3 is 0.974 bits per heavy atom. The van der Waals surface area contributed by atoms with Gasteiger partial charge in [0.05, 0.1) is 11.4 Å². The van der Waals surface area contributed by atoms with E-state index >= 15 is 0 Å². The highest BCUT2D eigenvalue weighted by Gasteiger charge is 2.38. The highest BCUT2D eigenvalue weighted by molar-refractivity contribution is 7.73. The van der Waals surface area contributed by atoms with Crippen LogP contribution >= 0.6 is 15.8 Å². The van der Waals surface area contributed by atoms with E-state index in [1.54, 1.807) is 0 Å². The SMILES string of the molecule is C[Si]1N(CP(c2ccccc2)c2ccccc2)c2ccccc2N1CP(c1ccccc1)c1ccccc1. The van der Waals surface area contributed by atoms with Crippen molar-refractivity contribution in [3.05, 3.63) is 146 Å². The van der Waals surface area contributed by atoms with Gasteiger partial charge in [-0.3, -0.25) is 0 Å². The maximum Gasteiger partial charge on any atom is 0.295 e. The quantitative estimate of drug-likeness (QED) is 0.160. The summed E-state index contributed by atoms with van der Waals surface area (Å²) in [6, 6.07) is 53.5. The maximum absolute atomic E-state index is 2.75. The molecule has 0 N–H and O–H groups in total. The first kappa shape index (κ1) is 25.1. The van der Waals surface area contributed by atoms with Gasteiger partial charge in [-0.15, -0.1) is 0 Å². The van der Waals surface area contributed by atoms with Crippen LogP contribution in [0, 0.1) is 0 Å². The lowest BCUT2D eigenvalue weighted by atomic mass is 10.2. The van der Waals surface area contributed by atoms with Crippen molar-refractivity contribution in [2.24, 2.45) is 0 Å². The molecule has 187 valence electrons. The predicted molar refractivity (Wildman–Crippen MR) is 171 cm³/mol. The van der Waals surface area contributed by atoms with E-state index in [9.17, 15) is 0 Å². The molecule has 0 atom stereocenters. The van der Waals surface area contributed by atoms with E-state index in [2.05, 4.69) is 161 Å². The van der Waals surface area contributed by atoms with Crippen LogP contribution in [0.2, 0.25) is 6.55 Å². The van der Waals surface area contributed by atoms with E-state index in [1.807, 2.05) is 0 Å². The molecule has 1 radical (unpaired) electrons. The van der Waals surface area contributed by atoms with Gasteiger partial charge < -0.3 is 9.13 Å². The molecule has 1 aliphatic heterocycles. The van der Waals surface area contributed by atoms with E-state index < -0.39 is 25.0 Å². The Morgan fingerprint density at radius 2 is 0.684 bits per heavy atom. The summed E-state index contributed by atoms with van der Waals surface area (Å²) in [5.41, 5.74) is 2.78. The molecule has 5 aromatic carbocycles. The van der Waals surface area contributed by atoms with Crippen molar-refractivity contribution < 1.29 is 0 Å². The van der Waals surface area contributed by atoms with Gasteiger partial charge in [-0.05, 0) is 55.7 Å². The van der Waals surface area contributed by atoms with Crippen LogP contribution in [0.25, 0.3) is 0 Å². The van der Waals surface area contributed by atoms with Crippen molar-refractivity contribution in [1.29, 1.82) is 0 Å². The van der Waals surface area contributed by atoms with Crippen molar-refractivity contribution in [2.45, 2.75) is 6.55 Å². The summed E-state index contributed by atoms with van der Waals surface area (Å²) in [5.74, 6) is 0. The zero-order valence-electron chi connectivity index (χ0n) is 21.6. The minimum Gasteiger partial charge on any atom is -0.374 e. The first-order valence-corrected chi connectivity index (χ1v) is 18.0. The predicted octanol–water partition coefficient (Wildman–Crippen LogP) is 6.61. The third-order valence-corrected chi connectivity index (χ3v) is 14.8. The molecule has 1 aliphatic rings. The number of para-hydroxylation sites is 2. The topological polar surface area (TPSA) is 6.48 Å². The average molecular weight is 546 g/mol. The summed E-state index contributed by atoms with van der Waals surface area (Å²) in [6.07, 6.45) is 2.08. The van der Waals surface area contributed by atoms with Gasteiger partial charge in [0, 0.05) is 12.6 Å². The molecule has 0 bridgehead atoms. The van der Waals surface area contributed by atoms with Gasteiger partial charge in [-0.25, -0.2) is 0 Å². The molecule has 38 heavy (non-hydrogen) atoms. The number of anilines is 2. The Kier molecular flexibility index (Phi) is 7.70. The van der Waals surface area contributed by atoms with Gasteiger partial charge in [0.2, 0.25) is 0 Å². The highest BCUT2D eigenvalue weighted by Crippen LogP contribution is 2.46. The smallest absolute Gasteiger partial charge is 0.295 e. The number of benzene rings is 5. The number of fused-ring (bicyclic) bond motifs is 1. The van der Waals surface area contributed by atoms with Gasteiger partial charge >= 0.3 is 0 Å². The second kappa shape index (κ2) is 11.7. The molecule has 6 rings (SSSR count). The fourth-order valence-corrected chi connectivity index (χ4v) is 13.2. The van der Waals surface area contributed by atoms with Crippen LogP contribution in [-0.2, 0) is 0 Å². The minimum atomic E-state index is -1.01. The summed E-state index contributed by atoms with van der Waals surface area (Å²) in [4.78, 5) is 0. The molecular weight excluding hydrogens is 514 g/mol. The summed E-state index contributed by atoms with van der Waals surface area (Å²) in [5, 5.41) is 5.76. The van der Waals surface area contributed by atoms with Crippen LogP contribution in [0.5, 0.6) is 0 Å². The molecule has 0 fully saturated rings. The zero-order chi connectivity index (χ0) is 25.7. The van der Waals surface area contributed by atoms with Gasteiger partial charge in [0.1, 0.15) is 0 Å². The molecule has 0 saturated heterocycles. The Labute approximate surface area is 230 Å². The third kappa shape index (κ3) is 5.20. The van der Waals surface area contributed by atoms with Gasteiger partial charge in [0.15, 0.2) is 0 Å². The van der Waals surface area contributed by atoms with E-state index in [0.29, 0.717) is 0 Å². The zero-order valence-corrected chi connectivity index (χ0v) is 24.3. The maximum atomic E-state index is 2.75. The number of nitrogens with zero attached hydrogens (tertiary/aromatic N) is 2. The van der Waals surface area contributed by atoms with Crippen LogP contribution in [0.1, 0.15) is 0 Å². The van der Waals surface area contributed by atoms with Gasteiger partial charge in [0.25, 0.3) is 9.12 Å². The lowest BCUT2D eigenvalue weighted by molar-refractivity contribution is 1.23. The second-order valence-corrected chi connectivity index (χ2v) is 15.9. The molecule has 5 aromatic rings. The lowest BCUT2D eigenvalue weighted by Crippen LogP contribution is -2.47. The van der Waals surface area contributed by atoms with E-state index in [-0.39, 0.29) is 0 Å². The fraction of sp³-hybridized carbons (Fsp3) is 0.0909. The normalized spacial score (nSPS) is 13.3. The number of rotatable bonds is 8. The average Bonchev–Trinajstić information content (AvgIpc) is 3.26. The summed E-state index contributed by atoms with van der Waals surface area (Å²) >= 11 is 0. The van der Waals surface area contributed by atoms with Gasteiger partial charge in [-0.2, -0.15) is 0 Å². The van der Waals surface area contributed by atoms with Crippen molar-refractivity contribution in [3.63, 3.8) is 0 Å². The van der Waals surface area contributed by atoms with Crippen LogP contribution in [0.4, 0.5) is 11.4 Å². The Balaban J connectivity index is 1.36. The van der Waals surface area contributed by atoms with Crippen molar-refractivity contribution in [2.75, 3.05) is 21.7 Å². The van der Waals surface area contributed by atoms with E-state index in [4.69, 9.17) is 0 Å². The molecule has 0 spiro atoms. The van der Waals surface area contributed by atoms with E-state index in [1.165, 1.54) is 32.6 Å². The minimum absolute atomic E-state index is 0.510. The Bertz CT molecular complexity index is 1260. The largest absolute Gasteiger partial charge is 0.374 e. The first-order valence-electron chi connectivity index (χ1n) is 13.0. The van der Waals surface area contributed by atoms with Crippen LogP contribution in [-0.4, -0.2) is 21.7 Å². The summed E-state index contributed by atoms with van der Waals surface area (Å²) in [7, 11) is -2.03. The van der Waals surface area contributed by atoms with Crippen LogP contribution in [0.15, 0.2) is 146 Å². The first-order chi connectivity index (χ1) is 18.8. The monoisotopic (exact) mass is 545 g/mol. The highest BCUT2D eigenvalue weighted by atomic mass is 31.1. The molecule has 5 heteroatoms. The molecule has 2 nitrogen and oxygen atoms in total. The Hall–Kier alpha value is -3.22. The molecule has 0 amide bonds. The summed E-state index contributed by atoms with van der Waals surface area (Å²) in [6.45, 7) is 2.48. The van der Waals surface area contributed by atoms with Gasteiger partial charge in [-0.1, -0.05) is 133 Å². The van der Waals surface area contributed by atoms with Crippen molar-refractivity contribution in [3.8, 4) is 0 Å². The number of hydrogen-bond acceptors (Lipinski definition) is 2. The molecule has 0 aromatic heterocycles. The molecule has 0 saturated carbocycles. The second-order valence-electron chi connectivity index (χ2n) is 9.37. The number of hydrogen-bond donors (Lipinski definition) is 0. The van der Waals surface area contributed by atoms with Crippen molar-refractivity contribution in [1.82, 2.24) is 0 Å². The standard InChI is InChI=1S/C33H31N2P2Si/c1-38-34(26-36(28-16-6-2-7-17-28)29-18-8-3-9-19-29)32-24-14-15-25-33(32)35(38)27-37(30-20-10-4-11-21-30)31-22-12-5-13-23-31/h2-25H,26-27H2,1H3.